The number of hydrogen-bond donors (Lipinski definition) is 1. The molecule has 0 bridgehead atoms. The Morgan fingerprint density at radius 1 is 1.26 bits per heavy atom. The highest BCUT2D eigenvalue weighted by Crippen LogP contribution is 2.09. The Balaban J connectivity index is 2.54. The van der Waals surface area contributed by atoms with E-state index in [1.54, 1.807) is 11.9 Å². The minimum Gasteiger partial charge on any atom is -0.359 e. The number of carbonyl (C=O) groups excluding carboxylic acids is 2. The van der Waals surface area contributed by atoms with Gasteiger partial charge in [-0.05, 0) is 25.2 Å². The van der Waals surface area contributed by atoms with Gasteiger partial charge in [0, 0.05) is 25.6 Å². The van der Waals surface area contributed by atoms with E-state index in [0.29, 0.717) is 6.54 Å². The highest BCUT2D eigenvalue weighted by molar-refractivity contribution is 5.97. The van der Waals surface area contributed by atoms with Crippen LogP contribution in [0, 0.1) is 11.6 Å². The van der Waals surface area contributed by atoms with Crippen LogP contribution in [-0.2, 0) is 4.79 Å². The van der Waals surface area contributed by atoms with Crippen LogP contribution in [0.1, 0.15) is 16.8 Å². The molecule has 1 N–H and O–H groups in total. The van der Waals surface area contributed by atoms with Gasteiger partial charge in [0.15, 0.2) is 17.4 Å². The quantitative estimate of drug-likeness (QED) is 0.791. The van der Waals surface area contributed by atoms with E-state index in [4.69, 9.17) is 0 Å². The van der Waals surface area contributed by atoms with Crippen molar-refractivity contribution in [3.63, 3.8) is 0 Å². The van der Waals surface area contributed by atoms with E-state index < -0.39 is 11.6 Å². The van der Waals surface area contributed by atoms with E-state index >= 15 is 0 Å². The molecule has 1 amide bonds. The lowest BCUT2D eigenvalue weighted by Crippen LogP contribution is -2.30. The summed E-state index contributed by atoms with van der Waals surface area (Å²) < 4.78 is 25.7. The molecule has 0 aliphatic rings. The van der Waals surface area contributed by atoms with Crippen LogP contribution in [0.3, 0.4) is 0 Å². The second kappa shape index (κ2) is 6.94. The lowest BCUT2D eigenvalue weighted by atomic mass is 10.1. The van der Waals surface area contributed by atoms with Crippen LogP contribution in [0.5, 0.6) is 0 Å². The summed E-state index contributed by atoms with van der Waals surface area (Å²) in [5.41, 5.74) is 0.116. The number of halogens is 2. The Kier molecular flexibility index (Phi) is 5.57. The van der Waals surface area contributed by atoms with Crippen molar-refractivity contribution in [1.29, 1.82) is 0 Å². The first-order chi connectivity index (χ1) is 8.93. The molecule has 104 valence electrons. The third-order valence-corrected chi connectivity index (χ3v) is 2.65. The number of ketones is 1. The number of carbonyl (C=O) groups is 2. The third kappa shape index (κ3) is 4.75. The van der Waals surface area contributed by atoms with Gasteiger partial charge in [-0.3, -0.25) is 14.5 Å². The number of nitrogens with one attached hydrogen (secondary N) is 1. The van der Waals surface area contributed by atoms with Crippen LogP contribution in [0.2, 0.25) is 0 Å². The highest BCUT2D eigenvalue weighted by atomic mass is 19.2. The number of hydrogen-bond acceptors (Lipinski definition) is 3. The zero-order valence-corrected chi connectivity index (χ0v) is 10.9. The zero-order valence-electron chi connectivity index (χ0n) is 10.9. The second-order valence-electron chi connectivity index (χ2n) is 4.21. The number of Topliss-reactive ketones (excluding diaryl/α,β-unsaturated/α-hetero) is 1. The van der Waals surface area contributed by atoms with Crippen molar-refractivity contribution < 1.29 is 18.4 Å². The molecule has 0 aromatic heterocycles. The molecule has 0 fully saturated rings. The molecule has 4 nitrogen and oxygen atoms in total. The lowest BCUT2D eigenvalue weighted by molar-refractivity contribution is -0.120. The van der Waals surface area contributed by atoms with Crippen LogP contribution in [-0.4, -0.2) is 43.8 Å². The van der Waals surface area contributed by atoms with Crippen molar-refractivity contribution in [3.8, 4) is 0 Å². The van der Waals surface area contributed by atoms with E-state index in [0.717, 1.165) is 12.1 Å². The molecule has 6 heteroatoms. The molecule has 0 heterocycles. The molecule has 0 spiro atoms. The van der Waals surface area contributed by atoms with Crippen molar-refractivity contribution >= 4 is 11.7 Å². The van der Waals surface area contributed by atoms with Gasteiger partial charge in [0.2, 0.25) is 5.91 Å². The first kappa shape index (κ1) is 15.2. The first-order valence-electron chi connectivity index (χ1n) is 5.81. The summed E-state index contributed by atoms with van der Waals surface area (Å²) in [7, 11) is 3.22. The third-order valence-electron chi connectivity index (χ3n) is 2.65. The van der Waals surface area contributed by atoms with E-state index in [-0.39, 0.29) is 30.2 Å². The second-order valence-corrected chi connectivity index (χ2v) is 4.21. The Labute approximate surface area is 110 Å². The van der Waals surface area contributed by atoms with E-state index in [1.165, 1.54) is 13.1 Å². The highest BCUT2D eigenvalue weighted by Gasteiger charge is 2.12. The molecule has 19 heavy (non-hydrogen) atoms. The molecule has 1 aromatic carbocycles. The van der Waals surface area contributed by atoms with Gasteiger partial charge >= 0.3 is 0 Å². The Morgan fingerprint density at radius 3 is 2.53 bits per heavy atom. The molecule has 0 aliphatic heterocycles. The van der Waals surface area contributed by atoms with Gasteiger partial charge in [-0.15, -0.1) is 0 Å². The monoisotopic (exact) mass is 270 g/mol. The maximum absolute atomic E-state index is 13.0. The lowest BCUT2D eigenvalue weighted by Gasteiger charge is -2.15. The van der Waals surface area contributed by atoms with Crippen LogP contribution in [0.4, 0.5) is 8.78 Å². The van der Waals surface area contributed by atoms with Gasteiger partial charge in [0.1, 0.15) is 0 Å². The molecule has 0 radical (unpaired) electrons. The zero-order chi connectivity index (χ0) is 14.4. The van der Waals surface area contributed by atoms with Crippen LogP contribution in [0.25, 0.3) is 0 Å². The SMILES string of the molecule is CNC(=O)CCN(C)CC(=O)c1ccc(F)c(F)c1. The molecular weight excluding hydrogens is 254 g/mol. The van der Waals surface area contributed by atoms with Gasteiger partial charge in [0.05, 0.1) is 6.54 Å². The smallest absolute Gasteiger partial charge is 0.221 e. The molecule has 0 saturated carbocycles. The molecular formula is C13H16F2N2O2. The number of rotatable bonds is 6. The minimum atomic E-state index is -1.04. The van der Waals surface area contributed by atoms with E-state index in [9.17, 15) is 18.4 Å². The van der Waals surface area contributed by atoms with Gasteiger partial charge in [-0.1, -0.05) is 0 Å². The fourth-order valence-corrected chi connectivity index (χ4v) is 1.50. The van der Waals surface area contributed by atoms with Crippen molar-refractivity contribution in [2.24, 2.45) is 0 Å². The standard InChI is InChI=1S/C13H16F2N2O2/c1-16-13(19)5-6-17(2)8-12(18)9-3-4-10(14)11(15)7-9/h3-4,7H,5-6,8H2,1-2H3,(H,16,19). The Bertz CT molecular complexity index is 478. The molecule has 0 atom stereocenters. The summed E-state index contributed by atoms with van der Waals surface area (Å²) in [6, 6.07) is 3.05. The number of nitrogens with zero attached hydrogens (tertiary/aromatic N) is 1. The predicted molar refractivity (Wildman–Crippen MR) is 66.9 cm³/mol. The molecule has 0 saturated heterocycles. The van der Waals surface area contributed by atoms with Gasteiger partial charge in [0.25, 0.3) is 0 Å². The summed E-state index contributed by atoms with van der Waals surface area (Å²) in [5.74, 6) is -2.46. The molecule has 1 aromatic rings. The normalized spacial score (nSPS) is 10.6. The number of benzene rings is 1. The minimum absolute atomic E-state index is 0.0437. The van der Waals surface area contributed by atoms with E-state index in [1.807, 2.05) is 0 Å². The van der Waals surface area contributed by atoms with Gasteiger partial charge in [-0.25, -0.2) is 8.78 Å². The van der Waals surface area contributed by atoms with E-state index in [2.05, 4.69) is 5.32 Å². The number of likely N-dealkylation sites (N-methyl/N-ethyl adjacent to an activating group) is 1. The average Bonchev–Trinajstić information content (AvgIpc) is 2.38. The molecule has 1 rings (SSSR count). The fourth-order valence-electron chi connectivity index (χ4n) is 1.50. The summed E-state index contributed by atoms with van der Waals surface area (Å²) in [4.78, 5) is 24.5. The van der Waals surface area contributed by atoms with Crippen molar-refractivity contribution in [2.75, 3.05) is 27.2 Å². The number of amides is 1. The largest absolute Gasteiger partial charge is 0.359 e. The van der Waals surface area contributed by atoms with Gasteiger partial charge in [-0.2, -0.15) is 0 Å². The van der Waals surface area contributed by atoms with Crippen LogP contribution in [0.15, 0.2) is 18.2 Å². The van der Waals surface area contributed by atoms with Crippen molar-refractivity contribution in [3.05, 3.63) is 35.4 Å². The molecule has 0 aliphatic carbocycles. The maximum Gasteiger partial charge on any atom is 0.221 e. The fraction of sp³-hybridized carbons (Fsp3) is 0.385. The maximum atomic E-state index is 13.0. The van der Waals surface area contributed by atoms with Crippen molar-refractivity contribution in [2.45, 2.75) is 6.42 Å². The topological polar surface area (TPSA) is 49.4 Å². The summed E-state index contributed by atoms with van der Waals surface area (Å²) >= 11 is 0. The summed E-state index contributed by atoms with van der Waals surface area (Å²) in [5, 5.41) is 2.48. The summed E-state index contributed by atoms with van der Waals surface area (Å²) in [6.45, 7) is 0.456. The molecule has 0 unspecified atom stereocenters. The van der Waals surface area contributed by atoms with Crippen molar-refractivity contribution in [1.82, 2.24) is 10.2 Å². The average molecular weight is 270 g/mol. The van der Waals surface area contributed by atoms with Crippen LogP contribution >= 0.6 is 0 Å². The predicted octanol–water partition coefficient (Wildman–Crippen LogP) is 1.22. The first-order valence-corrected chi connectivity index (χ1v) is 5.81. The Morgan fingerprint density at radius 2 is 1.95 bits per heavy atom. The van der Waals surface area contributed by atoms with Gasteiger partial charge < -0.3 is 5.32 Å². The summed E-state index contributed by atoms with van der Waals surface area (Å²) in [6.07, 6.45) is 0.276. The van der Waals surface area contributed by atoms with Crippen LogP contribution < -0.4 is 5.32 Å². The Hall–Kier alpha value is -1.82.